The van der Waals surface area contributed by atoms with Crippen LogP contribution >= 0.6 is 0 Å². The first-order valence-corrected chi connectivity index (χ1v) is 4.41. The quantitative estimate of drug-likeness (QED) is 0.724. The summed E-state index contributed by atoms with van der Waals surface area (Å²) in [7, 11) is 1.18. The number of carbonyl (C=O) groups is 2. The van der Waals surface area contributed by atoms with E-state index in [1.165, 1.54) is 7.05 Å². The first-order valence-electron chi connectivity index (χ1n) is 4.41. The van der Waals surface area contributed by atoms with Gasteiger partial charge in [0.25, 0.3) is 6.43 Å². The lowest BCUT2D eigenvalue weighted by molar-refractivity contribution is -0.139. The van der Waals surface area contributed by atoms with Crippen molar-refractivity contribution < 1.29 is 23.5 Å². The molecule has 0 bridgehead atoms. The summed E-state index contributed by atoms with van der Waals surface area (Å²) in [6.45, 7) is 0.855. The summed E-state index contributed by atoms with van der Waals surface area (Å²) in [5.74, 6) is -1.18. The van der Waals surface area contributed by atoms with Gasteiger partial charge < -0.3 is 15.3 Å². The molecule has 0 fully saturated rings. The summed E-state index contributed by atoms with van der Waals surface area (Å²) in [6, 6.07) is -1.86. The average molecular weight is 224 g/mol. The molecule has 0 saturated heterocycles. The van der Waals surface area contributed by atoms with Crippen LogP contribution in [0.4, 0.5) is 13.6 Å². The van der Waals surface area contributed by atoms with E-state index < -0.39 is 31.0 Å². The minimum Gasteiger partial charge on any atom is -0.480 e. The molecule has 5 nitrogen and oxygen atoms in total. The molecule has 0 aromatic heterocycles. The lowest BCUT2D eigenvalue weighted by Gasteiger charge is -2.20. The van der Waals surface area contributed by atoms with Crippen LogP contribution in [0.25, 0.3) is 0 Å². The van der Waals surface area contributed by atoms with E-state index in [4.69, 9.17) is 5.11 Å². The Hall–Kier alpha value is -1.40. The van der Waals surface area contributed by atoms with Gasteiger partial charge in [0.2, 0.25) is 0 Å². The topological polar surface area (TPSA) is 69.6 Å². The molecule has 1 atom stereocenters. The van der Waals surface area contributed by atoms with Crippen LogP contribution in [-0.2, 0) is 4.79 Å². The van der Waals surface area contributed by atoms with E-state index in [-0.39, 0.29) is 6.42 Å². The molecule has 7 heteroatoms. The van der Waals surface area contributed by atoms with Crippen molar-refractivity contribution in [2.24, 2.45) is 0 Å². The molecule has 2 amide bonds. The summed E-state index contributed by atoms with van der Waals surface area (Å²) in [5, 5.41) is 10.7. The Labute approximate surface area is 86.1 Å². The van der Waals surface area contributed by atoms with Crippen molar-refractivity contribution in [1.29, 1.82) is 0 Å². The van der Waals surface area contributed by atoms with Crippen LogP contribution < -0.4 is 5.32 Å². The van der Waals surface area contributed by atoms with Gasteiger partial charge in [-0.25, -0.2) is 18.4 Å². The second-order valence-electron chi connectivity index (χ2n) is 3.02. The molecule has 15 heavy (non-hydrogen) atoms. The molecule has 0 rings (SSSR count). The number of carboxylic acids is 1. The highest BCUT2D eigenvalue weighted by Gasteiger charge is 2.21. The Bertz CT molecular complexity index is 236. The standard InChI is InChI=1S/C8H14F2N2O3/c1-3-5(7(13)14)11-8(15)12(2)4-6(9)10/h5-6H,3-4H2,1-2H3,(H,11,15)(H,13,14)/t5-/m1/s1. The van der Waals surface area contributed by atoms with Gasteiger partial charge in [0.1, 0.15) is 6.04 Å². The van der Waals surface area contributed by atoms with Crippen LogP contribution in [0.1, 0.15) is 13.3 Å². The number of urea groups is 1. The maximum absolute atomic E-state index is 11.9. The molecule has 0 spiro atoms. The van der Waals surface area contributed by atoms with Crippen LogP contribution in [-0.4, -0.2) is 48.1 Å². The average Bonchev–Trinajstić information content (AvgIpc) is 2.11. The van der Waals surface area contributed by atoms with Crippen molar-refractivity contribution in [2.45, 2.75) is 25.8 Å². The molecule has 88 valence electrons. The first-order chi connectivity index (χ1) is 6.88. The number of rotatable bonds is 5. The summed E-state index contributed by atoms with van der Waals surface area (Å²) < 4.78 is 23.8. The molecule has 0 saturated carbocycles. The number of carboxylic acid groups (broad SMARTS) is 1. The number of alkyl halides is 2. The second kappa shape index (κ2) is 6.15. The van der Waals surface area contributed by atoms with E-state index in [1.54, 1.807) is 6.92 Å². The summed E-state index contributed by atoms with van der Waals surface area (Å²) >= 11 is 0. The third kappa shape index (κ3) is 5.14. The van der Waals surface area contributed by atoms with E-state index in [0.717, 1.165) is 4.90 Å². The normalized spacial score (nSPS) is 12.3. The third-order valence-corrected chi connectivity index (χ3v) is 1.76. The zero-order chi connectivity index (χ0) is 12.0. The van der Waals surface area contributed by atoms with Crippen LogP contribution in [0.5, 0.6) is 0 Å². The second-order valence-corrected chi connectivity index (χ2v) is 3.02. The molecular weight excluding hydrogens is 210 g/mol. The summed E-state index contributed by atoms with van der Waals surface area (Å²) in [5.41, 5.74) is 0. The predicted molar refractivity (Wildman–Crippen MR) is 48.9 cm³/mol. The largest absolute Gasteiger partial charge is 0.480 e. The Morgan fingerprint density at radius 1 is 1.47 bits per heavy atom. The summed E-state index contributed by atoms with van der Waals surface area (Å²) in [4.78, 5) is 22.4. The van der Waals surface area contributed by atoms with Crippen LogP contribution in [0.15, 0.2) is 0 Å². The van der Waals surface area contributed by atoms with Crippen LogP contribution in [0.2, 0.25) is 0 Å². The molecule has 0 unspecified atom stereocenters. The van der Waals surface area contributed by atoms with Crippen molar-refractivity contribution >= 4 is 12.0 Å². The highest BCUT2D eigenvalue weighted by atomic mass is 19.3. The highest BCUT2D eigenvalue weighted by Crippen LogP contribution is 1.98. The fourth-order valence-electron chi connectivity index (χ4n) is 0.888. The van der Waals surface area contributed by atoms with Crippen molar-refractivity contribution in [3.05, 3.63) is 0 Å². The molecular formula is C8H14F2N2O3. The molecule has 0 aromatic carbocycles. The van der Waals surface area contributed by atoms with E-state index in [0.29, 0.717) is 0 Å². The van der Waals surface area contributed by atoms with Gasteiger partial charge >= 0.3 is 12.0 Å². The SMILES string of the molecule is CC[C@@H](NC(=O)N(C)CC(F)F)C(=O)O. The molecule has 0 aliphatic heterocycles. The van der Waals surface area contributed by atoms with Crippen LogP contribution in [0, 0.1) is 0 Å². The Balaban J connectivity index is 4.16. The monoisotopic (exact) mass is 224 g/mol. The minimum absolute atomic E-state index is 0.198. The molecule has 0 radical (unpaired) electrons. The zero-order valence-electron chi connectivity index (χ0n) is 8.54. The Kier molecular flexibility index (Phi) is 5.58. The fraction of sp³-hybridized carbons (Fsp3) is 0.750. The summed E-state index contributed by atoms with van der Waals surface area (Å²) in [6.07, 6.45) is -2.44. The highest BCUT2D eigenvalue weighted by molar-refractivity contribution is 5.82. The number of carbonyl (C=O) groups excluding carboxylic acids is 1. The zero-order valence-corrected chi connectivity index (χ0v) is 8.54. The maximum Gasteiger partial charge on any atom is 0.326 e. The van der Waals surface area contributed by atoms with Gasteiger partial charge in [-0.2, -0.15) is 0 Å². The Morgan fingerprint density at radius 3 is 2.33 bits per heavy atom. The maximum atomic E-state index is 11.9. The molecule has 0 aliphatic rings. The van der Waals surface area contributed by atoms with E-state index in [9.17, 15) is 18.4 Å². The lowest BCUT2D eigenvalue weighted by Crippen LogP contribution is -2.47. The van der Waals surface area contributed by atoms with Crippen molar-refractivity contribution in [2.75, 3.05) is 13.6 Å². The molecule has 0 aliphatic carbocycles. The number of hydrogen-bond donors (Lipinski definition) is 2. The van der Waals surface area contributed by atoms with Gasteiger partial charge in [0, 0.05) is 7.05 Å². The number of aliphatic carboxylic acids is 1. The number of amides is 2. The third-order valence-electron chi connectivity index (χ3n) is 1.76. The van der Waals surface area contributed by atoms with Gasteiger partial charge in [-0.15, -0.1) is 0 Å². The molecule has 0 aromatic rings. The molecule has 0 heterocycles. The fourth-order valence-corrected chi connectivity index (χ4v) is 0.888. The van der Waals surface area contributed by atoms with E-state index >= 15 is 0 Å². The first kappa shape index (κ1) is 13.6. The molecule has 2 N–H and O–H groups in total. The predicted octanol–water partition coefficient (Wildman–Crippen LogP) is 0.756. The Morgan fingerprint density at radius 2 is 2.00 bits per heavy atom. The van der Waals surface area contributed by atoms with Gasteiger partial charge in [0.05, 0.1) is 6.54 Å². The van der Waals surface area contributed by atoms with Crippen molar-refractivity contribution in [3.8, 4) is 0 Å². The van der Waals surface area contributed by atoms with Crippen molar-refractivity contribution in [1.82, 2.24) is 10.2 Å². The van der Waals surface area contributed by atoms with Crippen molar-refractivity contribution in [3.63, 3.8) is 0 Å². The lowest BCUT2D eigenvalue weighted by atomic mass is 10.2. The smallest absolute Gasteiger partial charge is 0.326 e. The van der Waals surface area contributed by atoms with Crippen LogP contribution in [0.3, 0.4) is 0 Å². The number of nitrogens with zero attached hydrogens (tertiary/aromatic N) is 1. The van der Waals surface area contributed by atoms with Gasteiger partial charge in [-0.1, -0.05) is 6.92 Å². The number of halogens is 2. The number of hydrogen-bond acceptors (Lipinski definition) is 2. The number of nitrogens with one attached hydrogen (secondary N) is 1. The van der Waals surface area contributed by atoms with Gasteiger partial charge in [-0.3, -0.25) is 0 Å². The minimum atomic E-state index is -2.63. The van der Waals surface area contributed by atoms with Gasteiger partial charge in [-0.05, 0) is 6.42 Å². The van der Waals surface area contributed by atoms with E-state index in [2.05, 4.69) is 5.32 Å². The van der Waals surface area contributed by atoms with E-state index in [1.807, 2.05) is 0 Å². The van der Waals surface area contributed by atoms with Gasteiger partial charge in [0.15, 0.2) is 0 Å².